The van der Waals surface area contributed by atoms with Gasteiger partial charge < -0.3 is 10.2 Å². The molecule has 0 bridgehead atoms. The van der Waals surface area contributed by atoms with Gasteiger partial charge in [0.05, 0.1) is 12.1 Å². The minimum Gasteiger partial charge on any atom is -0.508 e. The SMILES string of the molecule is C=C/C(=C\C)Cn1c(-c2cc(C(C)C)c(O)cc2O)n[nH]c1=O. The van der Waals surface area contributed by atoms with Crippen molar-refractivity contribution < 1.29 is 10.2 Å². The van der Waals surface area contributed by atoms with Crippen molar-refractivity contribution in [2.45, 2.75) is 33.2 Å². The molecular formula is C17H21N3O3. The molecule has 0 aliphatic heterocycles. The average Bonchev–Trinajstić information content (AvgIpc) is 2.85. The molecule has 0 fully saturated rings. The fourth-order valence-electron chi connectivity index (χ4n) is 2.36. The van der Waals surface area contributed by atoms with Crippen LogP contribution in [0.5, 0.6) is 11.5 Å². The number of allylic oxidation sites excluding steroid dienone is 3. The van der Waals surface area contributed by atoms with Crippen molar-refractivity contribution in [1.29, 1.82) is 0 Å². The summed E-state index contributed by atoms with van der Waals surface area (Å²) in [6, 6.07) is 2.93. The number of phenols is 2. The number of hydrogen-bond donors (Lipinski definition) is 3. The fraction of sp³-hybridized carbons (Fsp3) is 0.294. The number of aromatic hydroxyl groups is 2. The second-order valence-corrected chi connectivity index (χ2v) is 5.59. The van der Waals surface area contributed by atoms with Crippen LogP contribution in [0.1, 0.15) is 32.3 Å². The highest BCUT2D eigenvalue weighted by Gasteiger charge is 2.18. The number of phenolic OH excluding ortho intramolecular Hbond substituents is 2. The molecule has 23 heavy (non-hydrogen) atoms. The lowest BCUT2D eigenvalue weighted by Crippen LogP contribution is -2.18. The third kappa shape index (κ3) is 3.21. The van der Waals surface area contributed by atoms with E-state index in [1.807, 2.05) is 26.8 Å². The van der Waals surface area contributed by atoms with Crippen molar-refractivity contribution in [3.05, 3.63) is 52.5 Å². The van der Waals surface area contributed by atoms with E-state index in [0.717, 1.165) is 5.57 Å². The largest absolute Gasteiger partial charge is 0.508 e. The lowest BCUT2D eigenvalue weighted by Gasteiger charge is -2.13. The molecule has 0 spiro atoms. The van der Waals surface area contributed by atoms with Crippen molar-refractivity contribution in [3.8, 4) is 22.9 Å². The summed E-state index contributed by atoms with van der Waals surface area (Å²) in [6.45, 7) is 9.73. The zero-order chi connectivity index (χ0) is 17.1. The molecule has 1 aromatic heterocycles. The molecule has 2 rings (SSSR count). The molecule has 6 nitrogen and oxygen atoms in total. The molecule has 0 atom stereocenters. The van der Waals surface area contributed by atoms with Crippen LogP contribution in [0.2, 0.25) is 0 Å². The molecule has 1 aromatic carbocycles. The first-order chi connectivity index (χ1) is 10.9. The number of rotatable bonds is 5. The average molecular weight is 315 g/mol. The Hall–Kier alpha value is -2.76. The number of benzene rings is 1. The number of hydrogen-bond acceptors (Lipinski definition) is 4. The monoisotopic (exact) mass is 315 g/mol. The van der Waals surface area contributed by atoms with Crippen LogP contribution in [0.4, 0.5) is 0 Å². The van der Waals surface area contributed by atoms with Crippen LogP contribution in [-0.4, -0.2) is 25.0 Å². The van der Waals surface area contributed by atoms with E-state index in [4.69, 9.17) is 0 Å². The Bertz CT molecular complexity index is 813. The van der Waals surface area contributed by atoms with E-state index in [1.54, 1.807) is 12.1 Å². The Kier molecular flexibility index (Phi) is 4.74. The number of aromatic nitrogens is 3. The predicted octanol–water partition coefficient (Wildman–Crippen LogP) is 2.91. The first-order valence-electron chi connectivity index (χ1n) is 7.38. The van der Waals surface area contributed by atoms with Gasteiger partial charge in [-0.1, -0.05) is 32.6 Å². The Labute approximate surface area is 134 Å². The van der Waals surface area contributed by atoms with Crippen LogP contribution in [0.15, 0.2) is 41.2 Å². The van der Waals surface area contributed by atoms with Gasteiger partial charge in [-0.2, -0.15) is 5.10 Å². The van der Waals surface area contributed by atoms with E-state index < -0.39 is 0 Å². The minimum atomic E-state index is -0.375. The standard InChI is InChI=1S/C17H21N3O3/c1-5-11(6-2)9-20-16(18-19-17(20)23)13-7-12(10(3)4)14(21)8-15(13)22/h5-8,10,21-22H,1,9H2,2-4H3,(H,19,23)/b11-6+. The molecular weight excluding hydrogens is 294 g/mol. The van der Waals surface area contributed by atoms with Gasteiger partial charge in [-0.05, 0) is 30.0 Å². The zero-order valence-corrected chi connectivity index (χ0v) is 13.5. The number of nitrogens with zero attached hydrogens (tertiary/aromatic N) is 2. The van der Waals surface area contributed by atoms with Crippen molar-refractivity contribution in [1.82, 2.24) is 14.8 Å². The summed E-state index contributed by atoms with van der Waals surface area (Å²) in [6.07, 6.45) is 3.52. The van der Waals surface area contributed by atoms with E-state index in [9.17, 15) is 15.0 Å². The van der Waals surface area contributed by atoms with E-state index in [1.165, 1.54) is 10.6 Å². The van der Waals surface area contributed by atoms with Gasteiger partial charge >= 0.3 is 5.69 Å². The third-order valence-electron chi connectivity index (χ3n) is 3.74. The highest BCUT2D eigenvalue weighted by Crippen LogP contribution is 2.36. The smallest absolute Gasteiger partial charge is 0.343 e. The van der Waals surface area contributed by atoms with Gasteiger partial charge in [0.15, 0.2) is 5.82 Å². The highest BCUT2D eigenvalue weighted by molar-refractivity contribution is 5.67. The Morgan fingerprint density at radius 3 is 2.65 bits per heavy atom. The summed E-state index contributed by atoms with van der Waals surface area (Å²) in [5.41, 5.74) is 1.55. The summed E-state index contributed by atoms with van der Waals surface area (Å²) in [5.74, 6) is 0.266. The predicted molar refractivity (Wildman–Crippen MR) is 89.7 cm³/mol. The van der Waals surface area contributed by atoms with Crippen molar-refractivity contribution >= 4 is 0 Å². The second-order valence-electron chi connectivity index (χ2n) is 5.59. The normalized spacial score (nSPS) is 11.9. The van der Waals surface area contributed by atoms with Crippen LogP contribution in [0.3, 0.4) is 0 Å². The van der Waals surface area contributed by atoms with Gasteiger partial charge in [-0.25, -0.2) is 9.89 Å². The molecule has 0 unspecified atom stereocenters. The third-order valence-corrected chi connectivity index (χ3v) is 3.74. The molecule has 3 N–H and O–H groups in total. The van der Waals surface area contributed by atoms with Gasteiger partial charge in [-0.3, -0.25) is 4.57 Å². The van der Waals surface area contributed by atoms with Crippen LogP contribution in [-0.2, 0) is 6.54 Å². The Balaban J connectivity index is 2.62. The van der Waals surface area contributed by atoms with Gasteiger partial charge in [-0.15, -0.1) is 0 Å². The molecule has 0 saturated heterocycles. The van der Waals surface area contributed by atoms with Crippen LogP contribution in [0, 0.1) is 0 Å². The number of nitrogens with one attached hydrogen (secondary N) is 1. The first-order valence-corrected chi connectivity index (χ1v) is 7.38. The molecule has 0 aliphatic carbocycles. The lowest BCUT2D eigenvalue weighted by molar-refractivity contribution is 0.444. The molecule has 1 heterocycles. The maximum atomic E-state index is 12.0. The van der Waals surface area contributed by atoms with E-state index in [-0.39, 0.29) is 23.1 Å². The minimum absolute atomic E-state index is 0.0194. The summed E-state index contributed by atoms with van der Waals surface area (Å²) in [5, 5.41) is 26.5. The summed E-state index contributed by atoms with van der Waals surface area (Å²) in [4.78, 5) is 12.0. The second kappa shape index (κ2) is 6.56. The fourth-order valence-corrected chi connectivity index (χ4v) is 2.36. The quantitative estimate of drug-likeness (QED) is 0.740. The van der Waals surface area contributed by atoms with Crippen LogP contribution >= 0.6 is 0 Å². The topological polar surface area (TPSA) is 91.1 Å². The van der Waals surface area contributed by atoms with Gasteiger partial charge in [0.1, 0.15) is 11.5 Å². The summed E-state index contributed by atoms with van der Waals surface area (Å²) >= 11 is 0. The van der Waals surface area contributed by atoms with Crippen molar-refractivity contribution in [2.24, 2.45) is 0 Å². The van der Waals surface area contributed by atoms with Crippen molar-refractivity contribution in [2.75, 3.05) is 0 Å². The molecule has 122 valence electrons. The molecule has 0 radical (unpaired) electrons. The lowest BCUT2D eigenvalue weighted by atomic mass is 9.98. The van der Waals surface area contributed by atoms with E-state index in [2.05, 4.69) is 16.8 Å². The maximum Gasteiger partial charge on any atom is 0.343 e. The van der Waals surface area contributed by atoms with Gasteiger partial charge in [0.2, 0.25) is 0 Å². The summed E-state index contributed by atoms with van der Waals surface area (Å²) in [7, 11) is 0. The molecule has 0 saturated carbocycles. The van der Waals surface area contributed by atoms with Crippen LogP contribution < -0.4 is 5.69 Å². The van der Waals surface area contributed by atoms with Gasteiger partial charge in [0, 0.05) is 6.07 Å². The summed E-state index contributed by atoms with van der Waals surface area (Å²) < 4.78 is 1.42. The number of aromatic amines is 1. The Morgan fingerprint density at radius 1 is 1.39 bits per heavy atom. The molecule has 6 heteroatoms. The highest BCUT2D eigenvalue weighted by atomic mass is 16.3. The van der Waals surface area contributed by atoms with Crippen LogP contribution in [0.25, 0.3) is 11.4 Å². The molecule has 2 aromatic rings. The molecule has 0 aliphatic rings. The van der Waals surface area contributed by atoms with Gasteiger partial charge in [0.25, 0.3) is 0 Å². The van der Waals surface area contributed by atoms with Crippen molar-refractivity contribution in [3.63, 3.8) is 0 Å². The zero-order valence-electron chi connectivity index (χ0n) is 13.5. The first kappa shape index (κ1) is 16.6. The Morgan fingerprint density at radius 2 is 2.09 bits per heavy atom. The molecule has 0 amide bonds. The number of H-pyrrole nitrogens is 1. The maximum absolute atomic E-state index is 12.0. The van der Waals surface area contributed by atoms with E-state index in [0.29, 0.717) is 23.5 Å². The van der Waals surface area contributed by atoms with E-state index >= 15 is 0 Å².